The minimum Gasteiger partial charge on any atom is -0.339 e. The van der Waals surface area contributed by atoms with E-state index < -0.39 is 11.7 Å². The molecule has 0 saturated heterocycles. The van der Waals surface area contributed by atoms with Gasteiger partial charge in [-0.1, -0.05) is 6.92 Å². The van der Waals surface area contributed by atoms with Gasteiger partial charge in [0.1, 0.15) is 11.6 Å². The molecule has 0 aromatic carbocycles. The molecule has 174 valence electrons. The number of amides is 1. The number of carbonyl (C=O) groups is 1. The van der Waals surface area contributed by atoms with Gasteiger partial charge in [-0.15, -0.1) is 0 Å². The van der Waals surface area contributed by atoms with Crippen molar-refractivity contribution in [3.63, 3.8) is 0 Å². The molecule has 1 amide bonds. The lowest BCUT2D eigenvalue weighted by molar-refractivity contribution is -0.114. The standard InChI is InChI=1S/C22H26F2N8O/c1-5-31-6-7-32-15(12-31)9-18(30-32)16-11-25-19(27-14(3)33)10-17(16)28-20-8-13(2)26-21(29-20)22(4,23)24/h8-11H,5-7,12H2,1-4H3,(H2,25,26,27,28,29,33). The zero-order valence-electron chi connectivity index (χ0n) is 19.0. The molecule has 3 aromatic heterocycles. The second-order valence-electron chi connectivity index (χ2n) is 8.14. The number of fused-ring (bicyclic) bond motifs is 1. The fraction of sp³-hybridized carbons (Fsp3) is 0.409. The normalized spacial score (nSPS) is 14.1. The predicted molar refractivity (Wildman–Crippen MR) is 120 cm³/mol. The molecule has 0 bridgehead atoms. The van der Waals surface area contributed by atoms with Crippen LogP contribution in [0.3, 0.4) is 0 Å². The van der Waals surface area contributed by atoms with E-state index in [1.165, 1.54) is 6.92 Å². The van der Waals surface area contributed by atoms with Crippen molar-refractivity contribution in [3.8, 4) is 11.3 Å². The first-order chi connectivity index (χ1) is 15.6. The van der Waals surface area contributed by atoms with Gasteiger partial charge >= 0.3 is 5.92 Å². The zero-order valence-corrected chi connectivity index (χ0v) is 19.0. The lowest BCUT2D eigenvalue weighted by atomic mass is 10.1. The van der Waals surface area contributed by atoms with Crippen LogP contribution in [-0.2, 0) is 23.8 Å². The molecule has 2 N–H and O–H groups in total. The fourth-order valence-electron chi connectivity index (χ4n) is 3.70. The third-order valence-corrected chi connectivity index (χ3v) is 5.32. The van der Waals surface area contributed by atoms with Gasteiger partial charge in [-0.3, -0.25) is 14.4 Å². The van der Waals surface area contributed by atoms with E-state index in [-0.39, 0.29) is 11.7 Å². The monoisotopic (exact) mass is 456 g/mol. The Morgan fingerprint density at radius 1 is 1.18 bits per heavy atom. The van der Waals surface area contributed by atoms with E-state index in [9.17, 15) is 13.6 Å². The number of rotatable bonds is 6. The lowest BCUT2D eigenvalue weighted by Crippen LogP contribution is -2.33. The summed E-state index contributed by atoms with van der Waals surface area (Å²) in [6.07, 6.45) is 1.60. The molecule has 0 atom stereocenters. The van der Waals surface area contributed by atoms with E-state index in [1.54, 1.807) is 25.3 Å². The summed E-state index contributed by atoms with van der Waals surface area (Å²) in [6, 6.07) is 5.21. The Morgan fingerprint density at radius 2 is 1.97 bits per heavy atom. The van der Waals surface area contributed by atoms with Crippen LogP contribution in [0, 0.1) is 6.92 Å². The first-order valence-electron chi connectivity index (χ1n) is 10.7. The number of aromatic nitrogens is 5. The Morgan fingerprint density at radius 3 is 2.67 bits per heavy atom. The number of nitrogens with zero attached hydrogens (tertiary/aromatic N) is 6. The third-order valence-electron chi connectivity index (χ3n) is 5.32. The van der Waals surface area contributed by atoms with Gasteiger partial charge in [-0.2, -0.15) is 13.9 Å². The van der Waals surface area contributed by atoms with Crippen LogP contribution in [0.15, 0.2) is 24.4 Å². The van der Waals surface area contributed by atoms with Gasteiger partial charge in [0.2, 0.25) is 11.7 Å². The van der Waals surface area contributed by atoms with Crippen LogP contribution in [0.4, 0.5) is 26.1 Å². The van der Waals surface area contributed by atoms with Crippen molar-refractivity contribution in [2.45, 2.75) is 46.7 Å². The van der Waals surface area contributed by atoms with Crippen LogP contribution >= 0.6 is 0 Å². The SMILES string of the molecule is CCN1CCn2nc(-c3cnc(NC(C)=O)cc3Nc3cc(C)nc(C(C)(F)F)n3)cc2C1. The summed E-state index contributed by atoms with van der Waals surface area (Å²) in [5.41, 5.74) is 3.37. The molecule has 0 radical (unpaired) electrons. The second-order valence-corrected chi connectivity index (χ2v) is 8.14. The highest BCUT2D eigenvalue weighted by molar-refractivity contribution is 5.89. The van der Waals surface area contributed by atoms with Crippen LogP contribution in [-0.4, -0.2) is 48.6 Å². The second kappa shape index (κ2) is 8.81. The number of alkyl halides is 2. The molecule has 0 unspecified atom stereocenters. The van der Waals surface area contributed by atoms with Crippen molar-refractivity contribution >= 4 is 23.2 Å². The van der Waals surface area contributed by atoms with E-state index in [0.29, 0.717) is 28.5 Å². The van der Waals surface area contributed by atoms with Gasteiger partial charge in [0.25, 0.3) is 0 Å². The number of anilines is 3. The van der Waals surface area contributed by atoms with E-state index in [2.05, 4.69) is 37.4 Å². The third kappa shape index (κ3) is 5.14. The topological polar surface area (TPSA) is 101 Å². The molecule has 3 aromatic rings. The molecule has 0 fully saturated rings. The number of halogens is 2. The highest BCUT2D eigenvalue weighted by atomic mass is 19.3. The molecular formula is C22H26F2N8O. The highest BCUT2D eigenvalue weighted by Crippen LogP contribution is 2.33. The number of nitrogens with one attached hydrogen (secondary N) is 2. The van der Waals surface area contributed by atoms with Crippen molar-refractivity contribution in [3.05, 3.63) is 41.6 Å². The summed E-state index contributed by atoms with van der Waals surface area (Å²) in [4.78, 5) is 26.0. The molecule has 1 aliphatic rings. The fourth-order valence-corrected chi connectivity index (χ4v) is 3.70. The summed E-state index contributed by atoms with van der Waals surface area (Å²) < 4.78 is 29.7. The van der Waals surface area contributed by atoms with Crippen molar-refractivity contribution in [2.24, 2.45) is 0 Å². The molecule has 0 aliphatic carbocycles. The van der Waals surface area contributed by atoms with Gasteiger partial charge in [-0.05, 0) is 19.5 Å². The average molecular weight is 457 g/mol. The Labute approximate surface area is 190 Å². The van der Waals surface area contributed by atoms with Crippen molar-refractivity contribution in [1.82, 2.24) is 29.6 Å². The Kier molecular flexibility index (Phi) is 6.07. The number of pyridine rings is 1. The molecule has 9 nitrogen and oxygen atoms in total. The van der Waals surface area contributed by atoms with Crippen LogP contribution in [0.5, 0.6) is 0 Å². The molecule has 0 saturated carbocycles. The van der Waals surface area contributed by atoms with Crippen LogP contribution in [0.25, 0.3) is 11.3 Å². The predicted octanol–water partition coefficient (Wildman–Crippen LogP) is 3.69. The van der Waals surface area contributed by atoms with Crippen LogP contribution < -0.4 is 10.6 Å². The maximum atomic E-state index is 13.9. The smallest absolute Gasteiger partial charge is 0.303 e. The molecular weight excluding hydrogens is 430 g/mol. The summed E-state index contributed by atoms with van der Waals surface area (Å²) in [6.45, 7) is 9.34. The minimum atomic E-state index is -3.18. The summed E-state index contributed by atoms with van der Waals surface area (Å²) in [5.74, 6) is -3.49. The molecule has 4 heterocycles. The highest BCUT2D eigenvalue weighted by Gasteiger charge is 2.29. The van der Waals surface area contributed by atoms with Gasteiger partial charge < -0.3 is 10.6 Å². The number of carbonyl (C=O) groups excluding carboxylic acids is 1. The largest absolute Gasteiger partial charge is 0.339 e. The average Bonchev–Trinajstić information content (AvgIpc) is 3.15. The number of aryl methyl sites for hydroxylation is 1. The van der Waals surface area contributed by atoms with Crippen molar-refractivity contribution in [2.75, 3.05) is 23.7 Å². The summed E-state index contributed by atoms with van der Waals surface area (Å²) >= 11 is 0. The van der Waals surface area contributed by atoms with Crippen molar-refractivity contribution in [1.29, 1.82) is 0 Å². The lowest BCUT2D eigenvalue weighted by Gasteiger charge is -2.25. The first kappa shape index (κ1) is 22.7. The minimum absolute atomic E-state index is 0.210. The van der Waals surface area contributed by atoms with E-state index in [0.717, 1.165) is 38.8 Å². The Balaban J connectivity index is 1.75. The Hall–Kier alpha value is -3.47. The molecule has 11 heteroatoms. The zero-order chi connectivity index (χ0) is 23.8. The van der Waals surface area contributed by atoms with Crippen LogP contribution in [0.2, 0.25) is 0 Å². The van der Waals surface area contributed by atoms with E-state index >= 15 is 0 Å². The number of hydrogen-bond donors (Lipinski definition) is 2. The number of hydrogen-bond acceptors (Lipinski definition) is 7. The van der Waals surface area contributed by atoms with Gasteiger partial charge in [-0.25, -0.2) is 15.0 Å². The van der Waals surface area contributed by atoms with E-state index in [4.69, 9.17) is 5.10 Å². The summed E-state index contributed by atoms with van der Waals surface area (Å²) in [7, 11) is 0. The van der Waals surface area contributed by atoms with Crippen LogP contribution in [0.1, 0.15) is 38.0 Å². The molecule has 1 aliphatic heterocycles. The molecule has 33 heavy (non-hydrogen) atoms. The summed E-state index contributed by atoms with van der Waals surface area (Å²) in [5, 5.41) is 10.5. The van der Waals surface area contributed by atoms with Crippen molar-refractivity contribution < 1.29 is 13.6 Å². The maximum Gasteiger partial charge on any atom is 0.303 e. The van der Waals surface area contributed by atoms with Gasteiger partial charge in [0, 0.05) is 56.5 Å². The quantitative estimate of drug-likeness (QED) is 0.583. The Bertz CT molecular complexity index is 1190. The maximum absolute atomic E-state index is 13.9. The number of likely N-dealkylation sites (N-methyl/N-ethyl adjacent to an activating group) is 1. The van der Waals surface area contributed by atoms with E-state index in [1.807, 2.05) is 10.7 Å². The molecule has 4 rings (SSSR count). The van der Waals surface area contributed by atoms with Gasteiger partial charge in [0.05, 0.1) is 23.6 Å². The van der Waals surface area contributed by atoms with Gasteiger partial charge in [0.15, 0.2) is 0 Å². The first-order valence-corrected chi connectivity index (χ1v) is 10.7. The molecule has 0 spiro atoms.